The quantitative estimate of drug-likeness (QED) is 0.883. The number of aromatic nitrogens is 1. The molecule has 0 saturated carbocycles. The van der Waals surface area contributed by atoms with Crippen molar-refractivity contribution in [3.05, 3.63) is 39.9 Å². The maximum atomic E-state index is 11.2. The first-order chi connectivity index (χ1) is 9.11. The number of aryl methyl sites for hydroxylation is 1. The zero-order valence-electron chi connectivity index (χ0n) is 10.5. The summed E-state index contributed by atoms with van der Waals surface area (Å²) in [5, 5.41) is 10.6. The summed E-state index contributed by atoms with van der Waals surface area (Å²) in [6.45, 7) is 2.08. The number of carbonyl (C=O) groups is 1. The fraction of sp³-hybridized carbons (Fsp3) is 0.286. The number of unbranched alkanes of at least 4 members (excludes halogenated alkanes) is 1. The standard InChI is InChI=1S/C14H14ClNO2S/c1-2-3-4-11-12(14(17)18)19-13(16-11)9-5-7-10(15)8-6-9/h5-8H,2-4H2,1H3,(H,17,18). The predicted octanol–water partition coefficient (Wildman–Crippen LogP) is 4.50. The van der Waals surface area contributed by atoms with E-state index in [0.29, 0.717) is 22.0 Å². The molecule has 0 fully saturated rings. The van der Waals surface area contributed by atoms with Crippen LogP contribution in [0.4, 0.5) is 0 Å². The van der Waals surface area contributed by atoms with E-state index in [4.69, 9.17) is 11.6 Å². The number of nitrogens with zero attached hydrogens (tertiary/aromatic N) is 1. The zero-order valence-corrected chi connectivity index (χ0v) is 12.1. The molecule has 0 atom stereocenters. The normalized spacial score (nSPS) is 10.6. The summed E-state index contributed by atoms with van der Waals surface area (Å²) in [7, 11) is 0. The van der Waals surface area contributed by atoms with Crippen LogP contribution >= 0.6 is 22.9 Å². The SMILES string of the molecule is CCCCc1nc(-c2ccc(Cl)cc2)sc1C(=O)O. The van der Waals surface area contributed by atoms with Crippen LogP contribution in [0, 0.1) is 0 Å². The Hall–Kier alpha value is -1.39. The third-order valence-electron chi connectivity index (χ3n) is 2.75. The number of thiazole rings is 1. The number of aromatic carboxylic acids is 1. The van der Waals surface area contributed by atoms with Crippen LogP contribution < -0.4 is 0 Å². The molecule has 0 aliphatic heterocycles. The summed E-state index contributed by atoms with van der Waals surface area (Å²) in [6, 6.07) is 7.28. The van der Waals surface area contributed by atoms with Gasteiger partial charge in [-0.15, -0.1) is 11.3 Å². The Bertz CT molecular complexity index is 578. The predicted molar refractivity (Wildman–Crippen MR) is 78.1 cm³/mol. The molecule has 3 nitrogen and oxygen atoms in total. The molecule has 19 heavy (non-hydrogen) atoms. The number of rotatable bonds is 5. The van der Waals surface area contributed by atoms with Gasteiger partial charge in [0.05, 0.1) is 5.69 Å². The molecule has 0 amide bonds. The van der Waals surface area contributed by atoms with Crippen molar-refractivity contribution >= 4 is 28.9 Å². The highest BCUT2D eigenvalue weighted by Gasteiger charge is 2.17. The Morgan fingerprint density at radius 1 is 1.37 bits per heavy atom. The molecule has 1 aromatic carbocycles. The first-order valence-corrected chi connectivity index (χ1v) is 7.30. The maximum absolute atomic E-state index is 11.2. The molecule has 2 rings (SSSR count). The molecule has 0 aliphatic rings. The molecule has 1 heterocycles. The number of carboxylic acids is 1. The summed E-state index contributed by atoms with van der Waals surface area (Å²) < 4.78 is 0. The lowest BCUT2D eigenvalue weighted by molar-refractivity contribution is 0.0700. The van der Waals surface area contributed by atoms with Crippen LogP contribution in [0.15, 0.2) is 24.3 Å². The number of hydrogen-bond donors (Lipinski definition) is 1. The Kier molecular flexibility index (Phi) is 4.56. The van der Waals surface area contributed by atoms with Crippen molar-refractivity contribution in [2.45, 2.75) is 26.2 Å². The second kappa shape index (κ2) is 6.17. The highest BCUT2D eigenvalue weighted by molar-refractivity contribution is 7.17. The van der Waals surface area contributed by atoms with Crippen LogP contribution in [0.5, 0.6) is 0 Å². The molecule has 0 saturated heterocycles. The van der Waals surface area contributed by atoms with Gasteiger partial charge in [-0.05, 0) is 25.0 Å². The second-order valence-corrected chi connectivity index (χ2v) is 5.65. The monoisotopic (exact) mass is 295 g/mol. The number of benzene rings is 1. The van der Waals surface area contributed by atoms with Crippen molar-refractivity contribution in [2.75, 3.05) is 0 Å². The van der Waals surface area contributed by atoms with Gasteiger partial charge in [-0.25, -0.2) is 9.78 Å². The minimum Gasteiger partial charge on any atom is -0.477 e. The third kappa shape index (κ3) is 3.33. The van der Waals surface area contributed by atoms with Crippen LogP contribution in [0.2, 0.25) is 5.02 Å². The lowest BCUT2D eigenvalue weighted by Crippen LogP contribution is -1.98. The van der Waals surface area contributed by atoms with Crippen LogP contribution in [0.25, 0.3) is 10.6 Å². The number of carboxylic acid groups (broad SMARTS) is 1. The van der Waals surface area contributed by atoms with E-state index in [9.17, 15) is 9.90 Å². The molecule has 0 aliphatic carbocycles. The smallest absolute Gasteiger partial charge is 0.347 e. The summed E-state index contributed by atoms with van der Waals surface area (Å²) in [6.07, 6.45) is 2.68. The second-order valence-electron chi connectivity index (χ2n) is 4.21. The summed E-state index contributed by atoms with van der Waals surface area (Å²) in [4.78, 5) is 16.0. The maximum Gasteiger partial charge on any atom is 0.347 e. The fourth-order valence-electron chi connectivity index (χ4n) is 1.75. The Balaban J connectivity index is 2.36. The molecule has 2 aromatic rings. The van der Waals surface area contributed by atoms with Gasteiger partial charge in [-0.1, -0.05) is 37.1 Å². The first-order valence-electron chi connectivity index (χ1n) is 6.10. The van der Waals surface area contributed by atoms with Gasteiger partial charge in [-0.3, -0.25) is 0 Å². The molecule has 0 bridgehead atoms. The average molecular weight is 296 g/mol. The van der Waals surface area contributed by atoms with Crippen LogP contribution in [0.1, 0.15) is 35.1 Å². The summed E-state index contributed by atoms with van der Waals surface area (Å²) in [5.41, 5.74) is 1.59. The number of halogens is 1. The van der Waals surface area contributed by atoms with Gasteiger partial charge < -0.3 is 5.11 Å². The van der Waals surface area contributed by atoms with Crippen molar-refractivity contribution < 1.29 is 9.90 Å². The van der Waals surface area contributed by atoms with Crippen molar-refractivity contribution in [3.63, 3.8) is 0 Å². The van der Waals surface area contributed by atoms with Crippen LogP contribution in [-0.4, -0.2) is 16.1 Å². The molecule has 5 heteroatoms. The van der Waals surface area contributed by atoms with E-state index in [1.54, 1.807) is 12.1 Å². The van der Waals surface area contributed by atoms with Gasteiger partial charge >= 0.3 is 5.97 Å². The van der Waals surface area contributed by atoms with E-state index < -0.39 is 5.97 Å². The van der Waals surface area contributed by atoms with Crippen molar-refractivity contribution in [1.82, 2.24) is 4.98 Å². The first kappa shape index (κ1) is 14.0. The van der Waals surface area contributed by atoms with E-state index in [1.165, 1.54) is 11.3 Å². The van der Waals surface area contributed by atoms with Gasteiger partial charge in [0.1, 0.15) is 9.88 Å². The van der Waals surface area contributed by atoms with Crippen molar-refractivity contribution in [2.24, 2.45) is 0 Å². The molecule has 0 radical (unpaired) electrons. The molecule has 0 spiro atoms. The van der Waals surface area contributed by atoms with Crippen LogP contribution in [-0.2, 0) is 6.42 Å². The van der Waals surface area contributed by atoms with E-state index in [2.05, 4.69) is 11.9 Å². The van der Waals surface area contributed by atoms with E-state index >= 15 is 0 Å². The molecular formula is C14H14ClNO2S. The van der Waals surface area contributed by atoms with E-state index in [0.717, 1.165) is 23.4 Å². The van der Waals surface area contributed by atoms with E-state index in [-0.39, 0.29) is 0 Å². The zero-order chi connectivity index (χ0) is 13.8. The Labute approximate surface area is 120 Å². The van der Waals surface area contributed by atoms with Gasteiger partial charge in [-0.2, -0.15) is 0 Å². The Morgan fingerprint density at radius 2 is 2.05 bits per heavy atom. The van der Waals surface area contributed by atoms with E-state index in [1.807, 2.05) is 12.1 Å². The largest absolute Gasteiger partial charge is 0.477 e. The third-order valence-corrected chi connectivity index (χ3v) is 4.14. The fourth-order valence-corrected chi connectivity index (χ4v) is 2.83. The lowest BCUT2D eigenvalue weighted by Gasteiger charge is -1.96. The topological polar surface area (TPSA) is 50.2 Å². The molecule has 0 unspecified atom stereocenters. The van der Waals surface area contributed by atoms with Crippen molar-refractivity contribution in [3.8, 4) is 10.6 Å². The van der Waals surface area contributed by atoms with Gasteiger partial charge in [0.2, 0.25) is 0 Å². The van der Waals surface area contributed by atoms with Gasteiger partial charge in [0, 0.05) is 10.6 Å². The number of hydrogen-bond acceptors (Lipinski definition) is 3. The van der Waals surface area contributed by atoms with Crippen LogP contribution in [0.3, 0.4) is 0 Å². The van der Waals surface area contributed by atoms with Crippen molar-refractivity contribution in [1.29, 1.82) is 0 Å². The molecule has 100 valence electrons. The highest BCUT2D eigenvalue weighted by Crippen LogP contribution is 2.29. The highest BCUT2D eigenvalue weighted by atomic mass is 35.5. The van der Waals surface area contributed by atoms with Gasteiger partial charge in [0.15, 0.2) is 0 Å². The molecule has 1 N–H and O–H groups in total. The summed E-state index contributed by atoms with van der Waals surface area (Å²) >= 11 is 7.07. The molecular weight excluding hydrogens is 282 g/mol. The minimum absolute atomic E-state index is 0.346. The lowest BCUT2D eigenvalue weighted by atomic mass is 10.2. The Morgan fingerprint density at radius 3 is 2.63 bits per heavy atom. The molecule has 1 aromatic heterocycles. The minimum atomic E-state index is -0.899. The van der Waals surface area contributed by atoms with Gasteiger partial charge in [0.25, 0.3) is 0 Å². The summed E-state index contributed by atoms with van der Waals surface area (Å²) in [5.74, 6) is -0.899. The average Bonchev–Trinajstić information content (AvgIpc) is 2.81.